The van der Waals surface area contributed by atoms with Gasteiger partial charge < -0.3 is 15.7 Å². The van der Waals surface area contributed by atoms with Crippen LogP contribution in [0, 0.1) is 5.92 Å². The number of aliphatic hydroxyl groups is 1. The summed E-state index contributed by atoms with van der Waals surface area (Å²) in [4.78, 5) is 24.2. The van der Waals surface area contributed by atoms with Crippen molar-refractivity contribution in [3.8, 4) is 0 Å². The highest BCUT2D eigenvalue weighted by atomic mass is 32.1. The highest BCUT2D eigenvalue weighted by Crippen LogP contribution is 2.26. The molecule has 1 atom stereocenters. The molecular weight excluding hydrogens is 288 g/mol. The maximum absolute atomic E-state index is 11.8. The summed E-state index contributed by atoms with van der Waals surface area (Å²) >= 11 is 1.38. The van der Waals surface area contributed by atoms with Gasteiger partial charge >= 0.3 is 0 Å². The van der Waals surface area contributed by atoms with E-state index in [4.69, 9.17) is 0 Å². The molecule has 21 heavy (non-hydrogen) atoms. The number of carbonyl (C=O) groups is 2. The van der Waals surface area contributed by atoms with Gasteiger partial charge in [-0.1, -0.05) is 25.3 Å². The van der Waals surface area contributed by atoms with Gasteiger partial charge in [0.2, 0.25) is 5.91 Å². The minimum atomic E-state index is -0.918. The van der Waals surface area contributed by atoms with E-state index in [1.165, 1.54) is 17.8 Å². The number of hydrogen-bond donors (Lipinski definition) is 3. The van der Waals surface area contributed by atoms with Gasteiger partial charge in [-0.05, 0) is 30.2 Å². The first-order valence-corrected chi connectivity index (χ1v) is 8.34. The quantitative estimate of drug-likeness (QED) is 0.697. The van der Waals surface area contributed by atoms with Gasteiger partial charge in [0.1, 0.15) is 6.10 Å². The van der Waals surface area contributed by atoms with Crippen LogP contribution in [-0.2, 0) is 4.79 Å². The molecule has 0 saturated heterocycles. The summed E-state index contributed by atoms with van der Waals surface area (Å²) in [5.74, 6) is -0.376. The summed E-state index contributed by atoms with van der Waals surface area (Å²) < 4.78 is 0. The van der Waals surface area contributed by atoms with Gasteiger partial charge in [0.05, 0.1) is 4.88 Å². The van der Waals surface area contributed by atoms with Gasteiger partial charge in [0, 0.05) is 13.1 Å². The van der Waals surface area contributed by atoms with Crippen LogP contribution in [-0.4, -0.2) is 36.1 Å². The monoisotopic (exact) mass is 310 g/mol. The third-order valence-corrected chi connectivity index (χ3v) is 4.69. The van der Waals surface area contributed by atoms with Crippen molar-refractivity contribution in [2.75, 3.05) is 13.1 Å². The Hall–Kier alpha value is -1.40. The lowest BCUT2D eigenvalue weighted by Gasteiger charge is -2.25. The van der Waals surface area contributed by atoms with Gasteiger partial charge in [0.15, 0.2) is 0 Å². The smallest absolute Gasteiger partial charge is 0.261 e. The maximum atomic E-state index is 11.8. The van der Waals surface area contributed by atoms with Crippen LogP contribution in [0.15, 0.2) is 17.5 Å². The summed E-state index contributed by atoms with van der Waals surface area (Å²) in [6.45, 7) is 0.694. The second-order valence-corrected chi connectivity index (χ2v) is 6.31. The molecule has 2 rings (SSSR count). The second kappa shape index (κ2) is 8.14. The fraction of sp³-hybridized carbons (Fsp3) is 0.600. The molecule has 0 bridgehead atoms. The van der Waals surface area contributed by atoms with Gasteiger partial charge in [-0.15, -0.1) is 11.3 Å². The molecule has 1 aromatic rings. The Bertz CT molecular complexity index is 455. The van der Waals surface area contributed by atoms with Crippen molar-refractivity contribution in [3.63, 3.8) is 0 Å². The Balaban J connectivity index is 1.63. The van der Waals surface area contributed by atoms with E-state index in [9.17, 15) is 14.7 Å². The number of thiophene rings is 1. The predicted molar refractivity (Wildman–Crippen MR) is 82.2 cm³/mol. The highest BCUT2D eigenvalue weighted by Gasteiger charge is 2.27. The van der Waals surface area contributed by atoms with E-state index >= 15 is 0 Å². The van der Waals surface area contributed by atoms with Crippen molar-refractivity contribution in [1.82, 2.24) is 10.6 Å². The van der Waals surface area contributed by atoms with Gasteiger partial charge in [-0.3, -0.25) is 9.59 Å². The molecule has 0 unspecified atom stereocenters. The van der Waals surface area contributed by atoms with Crippen molar-refractivity contribution in [2.45, 2.75) is 38.2 Å². The molecule has 0 aliphatic heterocycles. The number of aliphatic hydroxyl groups excluding tert-OH is 1. The van der Waals surface area contributed by atoms with Crippen molar-refractivity contribution >= 4 is 23.2 Å². The average Bonchev–Trinajstić information content (AvgIpc) is 3.05. The van der Waals surface area contributed by atoms with Crippen LogP contribution in [0.5, 0.6) is 0 Å². The molecule has 0 radical (unpaired) electrons. The van der Waals surface area contributed by atoms with E-state index in [0.717, 1.165) is 25.7 Å². The molecule has 1 saturated carbocycles. The largest absolute Gasteiger partial charge is 0.383 e. The topological polar surface area (TPSA) is 78.4 Å². The third-order valence-electron chi connectivity index (χ3n) is 3.82. The molecule has 0 aromatic carbocycles. The molecule has 1 heterocycles. The molecule has 1 aromatic heterocycles. The van der Waals surface area contributed by atoms with Crippen LogP contribution in [0.2, 0.25) is 0 Å². The molecule has 1 fully saturated rings. The van der Waals surface area contributed by atoms with Crippen molar-refractivity contribution in [3.05, 3.63) is 22.4 Å². The van der Waals surface area contributed by atoms with E-state index < -0.39 is 6.10 Å². The van der Waals surface area contributed by atoms with Crippen LogP contribution in [0.4, 0.5) is 0 Å². The van der Waals surface area contributed by atoms with Gasteiger partial charge in [-0.2, -0.15) is 0 Å². The number of rotatable bonds is 6. The number of amides is 2. The summed E-state index contributed by atoms with van der Waals surface area (Å²) in [5.41, 5.74) is 0. The number of nitrogens with one attached hydrogen (secondary N) is 2. The first-order valence-electron chi connectivity index (χ1n) is 7.46. The SMILES string of the molecule is O=C(NCCNC(=O)[C@H](O)C1CCCCC1)c1cccs1. The maximum Gasteiger partial charge on any atom is 0.261 e. The Morgan fingerprint density at radius 2 is 1.95 bits per heavy atom. The molecule has 2 amide bonds. The van der Waals surface area contributed by atoms with E-state index in [0.29, 0.717) is 18.0 Å². The standard InChI is InChI=1S/C15H22N2O3S/c18-13(11-5-2-1-3-6-11)15(20)17-9-8-16-14(19)12-7-4-10-21-12/h4,7,10-11,13,18H,1-3,5-6,8-9H2,(H,16,19)(H,17,20)/t13-/m1/s1. The summed E-state index contributed by atoms with van der Waals surface area (Å²) in [6, 6.07) is 3.58. The molecule has 5 nitrogen and oxygen atoms in total. The van der Waals surface area contributed by atoms with Crippen LogP contribution in [0.1, 0.15) is 41.8 Å². The van der Waals surface area contributed by atoms with Gasteiger partial charge in [-0.25, -0.2) is 0 Å². The van der Waals surface area contributed by atoms with Crippen LogP contribution < -0.4 is 10.6 Å². The fourth-order valence-corrected chi connectivity index (χ4v) is 3.27. The lowest BCUT2D eigenvalue weighted by molar-refractivity contribution is -0.132. The van der Waals surface area contributed by atoms with Crippen molar-refractivity contribution in [2.24, 2.45) is 5.92 Å². The van der Waals surface area contributed by atoms with E-state index in [1.54, 1.807) is 6.07 Å². The zero-order chi connectivity index (χ0) is 15.1. The van der Waals surface area contributed by atoms with Crippen molar-refractivity contribution in [1.29, 1.82) is 0 Å². The van der Waals surface area contributed by atoms with Crippen LogP contribution >= 0.6 is 11.3 Å². The van der Waals surface area contributed by atoms with E-state index in [1.807, 2.05) is 11.4 Å². The molecule has 1 aliphatic rings. The molecule has 0 spiro atoms. The molecular formula is C15H22N2O3S. The molecule has 116 valence electrons. The molecule has 3 N–H and O–H groups in total. The minimum absolute atomic E-state index is 0.0828. The Morgan fingerprint density at radius 1 is 1.24 bits per heavy atom. The zero-order valence-corrected chi connectivity index (χ0v) is 12.8. The van der Waals surface area contributed by atoms with Crippen LogP contribution in [0.25, 0.3) is 0 Å². The lowest BCUT2D eigenvalue weighted by atomic mass is 9.85. The predicted octanol–water partition coefficient (Wildman–Crippen LogP) is 1.54. The normalized spacial score (nSPS) is 17.2. The minimum Gasteiger partial charge on any atom is -0.383 e. The fourth-order valence-electron chi connectivity index (χ4n) is 2.63. The Morgan fingerprint density at radius 3 is 2.62 bits per heavy atom. The zero-order valence-electron chi connectivity index (χ0n) is 12.0. The molecule has 1 aliphatic carbocycles. The molecule has 6 heteroatoms. The number of hydrogen-bond acceptors (Lipinski definition) is 4. The summed E-state index contributed by atoms with van der Waals surface area (Å²) in [5, 5.41) is 17.3. The highest BCUT2D eigenvalue weighted by molar-refractivity contribution is 7.12. The third kappa shape index (κ3) is 4.82. The summed E-state index contributed by atoms with van der Waals surface area (Å²) in [6.07, 6.45) is 4.29. The number of carbonyl (C=O) groups excluding carboxylic acids is 2. The van der Waals surface area contributed by atoms with E-state index in [-0.39, 0.29) is 17.7 Å². The second-order valence-electron chi connectivity index (χ2n) is 5.37. The lowest BCUT2D eigenvalue weighted by Crippen LogP contribution is -2.43. The first-order chi connectivity index (χ1) is 10.2. The first kappa shape index (κ1) is 16.0. The van der Waals surface area contributed by atoms with E-state index in [2.05, 4.69) is 10.6 Å². The van der Waals surface area contributed by atoms with Crippen LogP contribution in [0.3, 0.4) is 0 Å². The average molecular weight is 310 g/mol. The van der Waals surface area contributed by atoms with Crippen molar-refractivity contribution < 1.29 is 14.7 Å². The van der Waals surface area contributed by atoms with Gasteiger partial charge in [0.25, 0.3) is 5.91 Å². The Kier molecular flexibility index (Phi) is 6.20. The Labute approximate surface area is 128 Å². The summed E-state index contributed by atoms with van der Waals surface area (Å²) in [7, 11) is 0.